The van der Waals surface area contributed by atoms with Crippen molar-refractivity contribution < 1.29 is 18.9 Å². The van der Waals surface area contributed by atoms with Crippen LogP contribution in [-0.4, -0.2) is 49.3 Å². The maximum atomic E-state index is 5.62. The third-order valence-corrected chi connectivity index (χ3v) is 5.60. The molecule has 8 heteroatoms. The molecule has 0 spiro atoms. The third kappa shape index (κ3) is 5.28. The molecule has 2 heterocycles. The predicted molar refractivity (Wildman–Crippen MR) is 127 cm³/mol. The second-order valence-corrected chi connectivity index (χ2v) is 7.74. The van der Waals surface area contributed by atoms with Crippen LogP contribution in [0.2, 0.25) is 0 Å². The largest absolute Gasteiger partial charge is 0.497 e. The second kappa shape index (κ2) is 10.4. The number of benzene rings is 2. The highest BCUT2D eigenvalue weighted by Crippen LogP contribution is 2.32. The summed E-state index contributed by atoms with van der Waals surface area (Å²) in [6.45, 7) is 5.12. The van der Waals surface area contributed by atoms with Crippen molar-refractivity contribution in [3.8, 4) is 23.0 Å². The quantitative estimate of drug-likeness (QED) is 0.520. The topological polar surface area (TPSA) is 78.0 Å². The number of hydrogen-bond acceptors (Lipinski definition) is 8. The molecular weight excluding hydrogens is 420 g/mol. The molecule has 0 amide bonds. The lowest BCUT2D eigenvalue weighted by atomic mass is 10.1. The number of rotatable bonds is 9. The van der Waals surface area contributed by atoms with Gasteiger partial charge in [0.05, 0.1) is 39.3 Å². The number of fused-ring (bicyclic) bond motifs is 1. The van der Waals surface area contributed by atoms with E-state index in [1.807, 2.05) is 43.5 Å². The maximum absolute atomic E-state index is 5.62. The molecule has 0 aliphatic carbocycles. The van der Waals surface area contributed by atoms with Crippen molar-refractivity contribution in [1.82, 2.24) is 14.9 Å². The molecule has 0 saturated carbocycles. The van der Waals surface area contributed by atoms with Crippen LogP contribution in [0.1, 0.15) is 23.7 Å². The van der Waals surface area contributed by atoms with Crippen molar-refractivity contribution >= 4 is 11.6 Å². The van der Waals surface area contributed by atoms with Crippen LogP contribution < -0.4 is 24.3 Å². The molecule has 1 aromatic heterocycles. The Hall–Kier alpha value is -3.52. The fraction of sp³-hybridized carbons (Fsp3) is 0.360. The Balaban J connectivity index is 1.45. The van der Waals surface area contributed by atoms with Crippen LogP contribution in [-0.2, 0) is 19.5 Å². The SMILES string of the molecule is CCOc1ccc(CN2CCc3nc(Nc4cc(OC)ccc4OC)ncc3C2)cc1OC. The van der Waals surface area contributed by atoms with E-state index in [1.54, 1.807) is 21.3 Å². The van der Waals surface area contributed by atoms with Crippen molar-refractivity contribution in [3.05, 3.63) is 59.4 Å². The lowest BCUT2D eigenvalue weighted by molar-refractivity contribution is 0.242. The summed E-state index contributed by atoms with van der Waals surface area (Å²) in [6, 6.07) is 11.7. The molecule has 0 bridgehead atoms. The van der Waals surface area contributed by atoms with Gasteiger partial charge in [-0.05, 0) is 36.8 Å². The van der Waals surface area contributed by atoms with Crippen molar-refractivity contribution in [2.45, 2.75) is 26.4 Å². The van der Waals surface area contributed by atoms with Crippen LogP contribution in [0, 0.1) is 0 Å². The Bertz CT molecular complexity index is 1110. The highest BCUT2D eigenvalue weighted by molar-refractivity contribution is 5.65. The average molecular weight is 451 g/mol. The molecule has 8 nitrogen and oxygen atoms in total. The monoisotopic (exact) mass is 450 g/mol. The Labute approximate surface area is 194 Å². The highest BCUT2D eigenvalue weighted by atomic mass is 16.5. The lowest BCUT2D eigenvalue weighted by Crippen LogP contribution is -2.31. The van der Waals surface area contributed by atoms with Crippen molar-refractivity contribution in [1.29, 1.82) is 0 Å². The number of anilines is 2. The van der Waals surface area contributed by atoms with Gasteiger partial charge >= 0.3 is 0 Å². The van der Waals surface area contributed by atoms with Gasteiger partial charge in [-0.2, -0.15) is 0 Å². The summed E-state index contributed by atoms with van der Waals surface area (Å²) >= 11 is 0. The van der Waals surface area contributed by atoms with Crippen molar-refractivity contribution in [3.63, 3.8) is 0 Å². The summed E-state index contributed by atoms with van der Waals surface area (Å²) in [7, 11) is 4.94. The summed E-state index contributed by atoms with van der Waals surface area (Å²) in [5.74, 6) is 3.52. The van der Waals surface area contributed by atoms with Crippen LogP contribution in [0.15, 0.2) is 42.6 Å². The molecule has 0 fully saturated rings. The van der Waals surface area contributed by atoms with Crippen LogP contribution >= 0.6 is 0 Å². The van der Waals surface area contributed by atoms with E-state index in [9.17, 15) is 0 Å². The third-order valence-electron chi connectivity index (χ3n) is 5.60. The summed E-state index contributed by atoms with van der Waals surface area (Å²) in [5, 5.41) is 3.26. The predicted octanol–water partition coefficient (Wildman–Crippen LogP) is 4.20. The molecule has 174 valence electrons. The number of nitrogens with one attached hydrogen (secondary N) is 1. The average Bonchev–Trinajstić information content (AvgIpc) is 2.85. The molecule has 1 aliphatic heterocycles. The Morgan fingerprint density at radius 1 is 0.970 bits per heavy atom. The molecular formula is C25H30N4O4. The first kappa shape index (κ1) is 22.7. The normalized spacial score (nSPS) is 13.2. The molecule has 4 rings (SSSR count). The van der Waals surface area contributed by atoms with Gasteiger partial charge < -0.3 is 24.3 Å². The molecule has 0 unspecified atom stereocenters. The lowest BCUT2D eigenvalue weighted by Gasteiger charge is -2.28. The molecule has 0 radical (unpaired) electrons. The summed E-state index contributed by atoms with van der Waals surface area (Å²) in [6.07, 6.45) is 2.76. The Kier molecular flexibility index (Phi) is 7.14. The van der Waals surface area contributed by atoms with Gasteiger partial charge in [-0.15, -0.1) is 0 Å². The zero-order chi connectivity index (χ0) is 23.2. The molecule has 3 aromatic rings. The minimum Gasteiger partial charge on any atom is -0.497 e. The molecule has 1 aliphatic rings. The zero-order valence-corrected chi connectivity index (χ0v) is 19.6. The Morgan fingerprint density at radius 2 is 1.79 bits per heavy atom. The van der Waals surface area contributed by atoms with E-state index in [0.29, 0.717) is 18.3 Å². The van der Waals surface area contributed by atoms with Crippen molar-refractivity contribution in [2.24, 2.45) is 0 Å². The first-order valence-electron chi connectivity index (χ1n) is 11.0. The number of hydrogen-bond donors (Lipinski definition) is 1. The molecule has 2 aromatic carbocycles. The fourth-order valence-corrected chi connectivity index (χ4v) is 3.95. The van der Waals surface area contributed by atoms with E-state index in [-0.39, 0.29) is 0 Å². The van der Waals surface area contributed by atoms with E-state index in [2.05, 4.69) is 21.3 Å². The first-order chi connectivity index (χ1) is 16.1. The fourth-order valence-electron chi connectivity index (χ4n) is 3.95. The molecule has 1 N–H and O–H groups in total. The van der Waals surface area contributed by atoms with Crippen LogP contribution in [0.4, 0.5) is 11.6 Å². The van der Waals surface area contributed by atoms with Gasteiger partial charge in [-0.25, -0.2) is 9.97 Å². The highest BCUT2D eigenvalue weighted by Gasteiger charge is 2.20. The molecule has 0 saturated heterocycles. The van der Waals surface area contributed by atoms with Crippen LogP contribution in [0.3, 0.4) is 0 Å². The van der Waals surface area contributed by atoms with Gasteiger partial charge in [0.25, 0.3) is 0 Å². The van der Waals surface area contributed by atoms with Gasteiger partial charge in [0.1, 0.15) is 11.5 Å². The number of ether oxygens (including phenoxy) is 4. The van der Waals surface area contributed by atoms with Crippen LogP contribution in [0.25, 0.3) is 0 Å². The second-order valence-electron chi connectivity index (χ2n) is 7.74. The zero-order valence-electron chi connectivity index (χ0n) is 19.6. The number of nitrogens with zero attached hydrogens (tertiary/aromatic N) is 3. The summed E-state index contributed by atoms with van der Waals surface area (Å²) in [5.41, 5.74) is 4.15. The van der Waals surface area contributed by atoms with E-state index in [1.165, 1.54) is 5.56 Å². The van der Waals surface area contributed by atoms with E-state index in [4.69, 9.17) is 23.9 Å². The minimum atomic E-state index is 0.546. The van der Waals surface area contributed by atoms with E-state index < -0.39 is 0 Å². The number of aromatic nitrogens is 2. The van der Waals surface area contributed by atoms with Crippen molar-refractivity contribution in [2.75, 3.05) is 39.8 Å². The van der Waals surface area contributed by atoms with Gasteiger partial charge in [0.15, 0.2) is 11.5 Å². The summed E-state index contributed by atoms with van der Waals surface area (Å²) in [4.78, 5) is 11.7. The van der Waals surface area contributed by atoms with E-state index >= 15 is 0 Å². The van der Waals surface area contributed by atoms with Gasteiger partial charge in [0, 0.05) is 43.9 Å². The van der Waals surface area contributed by atoms with Gasteiger partial charge in [0.2, 0.25) is 5.95 Å². The van der Waals surface area contributed by atoms with Gasteiger partial charge in [-0.3, -0.25) is 4.90 Å². The van der Waals surface area contributed by atoms with E-state index in [0.717, 1.165) is 60.2 Å². The number of methoxy groups -OCH3 is 3. The minimum absolute atomic E-state index is 0.546. The first-order valence-corrected chi connectivity index (χ1v) is 11.0. The maximum Gasteiger partial charge on any atom is 0.227 e. The molecule has 33 heavy (non-hydrogen) atoms. The smallest absolute Gasteiger partial charge is 0.227 e. The van der Waals surface area contributed by atoms with Gasteiger partial charge in [-0.1, -0.05) is 6.07 Å². The summed E-state index contributed by atoms with van der Waals surface area (Å²) < 4.78 is 21.9. The Morgan fingerprint density at radius 3 is 2.55 bits per heavy atom. The standard InChI is InChI=1S/C25H30N4O4/c1-5-33-23-8-6-17(12-24(23)32-4)15-29-11-10-20-18(16-29)14-26-25(27-20)28-21-13-19(30-2)7-9-22(21)31-3/h6-9,12-14H,5,10-11,15-16H2,1-4H3,(H,26,27,28). The molecule has 0 atom stereocenters. The van der Waals surface area contributed by atoms with Crippen LogP contribution in [0.5, 0.6) is 23.0 Å².